The smallest absolute Gasteiger partial charge is 0.164 e. The molecule has 0 unspecified atom stereocenters. The fourth-order valence-corrected chi connectivity index (χ4v) is 2.75. The van der Waals surface area contributed by atoms with Crippen LogP contribution in [0.3, 0.4) is 0 Å². The summed E-state index contributed by atoms with van der Waals surface area (Å²) in [7, 11) is 0. The van der Waals surface area contributed by atoms with Gasteiger partial charge in [0.1, 0.15) is 0 Å². The summed E-state index contributed by atoms with van der Waals surface area (Å²) in [5.74, 6) is 0.287. The molecule has 0 amide bonds. The Hall–Kier alpha value is -1.42. The van der Waals surface area contributed by atoms with Gasteiger partial charge in [-0.3, -0.25) is 9.78 Å². The predicted molar refractivity (Wildman–Crippen MR) is 77.4 cm³/mol. The number of Topliss-reactive ketones (excluding diaryl/α,β-unsaturated/α-hetero) is 1. The Morgan fingerprint density at radius 2 is 2.05 bits per heavy atom. The zero-order valence-electron chi connectivity index (χ0n) is 10.6. The molecule has 19 heavy (non-hydrogen) atoms. The molecule has 1 aliphatic carbocycles. The molecule has 0 N–H and O–H groups in total. The summed E-state index contributed by atoms with van der Waals surface area (Å²) in [6.45, 7) is 0.716. The van der Waals surface area contributed by atoms with Crippen molar-refractivity contribution >= 4 is 21.7 Å². The van der Waals surface area contributed by atoms with Gasteiger partial charge in [-0.25, -0.2) is 0 Å². The molecule has 0 bridgehead atoms. The van der Waals surface area contributed by atoms with Crippen LogP contribution in [0.4, 0.5) is 0 Å². The van der Waals surface area contributed by atoms with Crippen LogP contribution in [0.25, 0.3) is 0 Å². The van der Waals surface area contributed by atoms with Crippen LogP contribution >= 0.6 is 15.9 Å². The van der Waals surface area contributed by atoms with Crippen LogP contribution in [0, 0.1) is 0 Å². The zero-order valence-corrected chi connectivity index (χ0v) is 12.2. The first kappa shape index (κ1) is 12.6. The van der Waals surface area contributed by atoms with Crippen LogP contribution in [-0.4, -0.2) is 15.3 Å². The van der Waals surface area contributed by atoms with Crippen molar-refractivity contribution < 1.29 is 4.79 Å². The van der Waals surface area contributed by atoms with E-state index in [0.29, 0.717) is 13.0 Å². The number of carbonyl (C=O) groups excluding carboxylic acids is 1. The molecule has 0 fully saturated rings. The fourth-order valence-electron chi connectivity index (χ4n) is 2.52. The van der Waals surface area contributed by atoms with E-state index in [4.69, 9.17) is 0 Å². The Morgan fingerprint density at radius 1 is 1.21 bits per heavy atom. The van der Waals surface area contributed by atoms with Gasteiger partial charge in [-0.15, -0.1) is 0 Å². The average molecular weight is 319 g/mol. The highest BCUT2D eigenvalue weighted by molar-refractivity contribution is 9.10. The van der Waals surface area contributed by atoms with Crippen LogP contribution < -0.4 is 0 Å². The number of pyridine rings is 1. The van der Waals surface area contributed by atoms with Gasteiger partial charge >= 0.3 is 0 Å². The van der Waals surface area contributed by atoms with E-state index < -0.39 is 0 Å². The molecule has 3 nitrogen and oxygen atoms in total. The van der Waals surface area contributed by atoms with E-state index in [9.17, 15) is 4.79 Å². The number of ketones is 1. The van der Waals surface area contributed by atoms with Crippen molar-refractivity contribution in [2.45, 2.75) is 32.2 Å². The maximum absolute atomic E-state index is 12.0. The van der Waals surface area contributed by atoms with Gasteiger partial charge in [0.15, 0.2) is 5.78 Å². The lowest BCUT2D eigenvalue weighted by molar-refractivity contribution is 0.0982. The van der Waals surface area contributed by atoms with E-state index in [1.807, 2.05) is 18.3 Å². The summed E-state index contributed by atoms with van der Waals surface area (Å²) in [5, 5.41) is 0. The van der Waals surface area contributed by atoms with E-state index in [2.05, 4.69) is 31.7 Å². The SMILES string of the molecule is O=C1CCCCc2cn(Cc3ccc(Br)cn3)cc21. The molecular weight excluding hydrogens is 304 g/mol. The summed E-state index contributed by atoms with van der Waals surface area (Å²) in [6, 6.07) is 3.99. The minimum Gasteiger partial charge on any atom is -0.347 e. The van der Waals surface area contributed by atoms with Gasteiger partial charge in [-0.05, 0) is 52.9 Å². The monoisotopic (exact) mass is 318 g/mol. The van der Waals surface area contributed by atoms with Gasteiger partial charge in [-0.1, -0.05) is 0 Å². The van der Waals surface area contributed by atoms with Crippen molar-refractivity contribution in [2.24, 2.45) is 0 Å². The first-order chi connectivity index (χ1) is 9.22. The third-order valence-electron chi connectivity index (χ3n) is 3.50. The van der Waals surface area contributed by atoms with E-state index in [1.54, 1.807) is 6.20 Å². The molecule has 3 rings (SSSR count). The molecule has 4 heteroatoms. The largest absolute Gasteiger partial charge is 0.347 e. The van der Waals surface area contributed by atoms with Gasteiger partial charge in [0.25, 0.3) is 0 Å². The summed E-state index contributed by atoms with van der Waals surface area (Å²) in [4.78, 5) is 16.3. The van der Waals surface area contributed by atoms with Crippen molar-refractivity contribution in [3.63, 3.8) is 0 Å². The lowest BCUT2D eigenvalue weighted by Gasteiger charge is -2.02. The average Bonchev–Trinajstić information content (AvgIpc) is 2.72. The number of hydrogen-bond donors (Lipinski definition) is 0. The summed E-state index contributed by atoms with van der Waals surface area (Å²) in [5.41, 5.74) is 3.11. The molecule has 2 aromatic rings. The Labute approximate surface area is 120 Å². The van der Waals surface area contributed by atoms with Crippen LogP contribution in [0.5, 0.6) is 0 Å². The lowest BCUT2D eigenvalue weighted by atomic mass is 10.1. The van der Waals surface area contributed by atoms with E-state index in [-0.39, 0.29) is 5.78 Å². The minimum atomic E-state index is 0.287. The highest BCUT2D eigenvalue weighted by atomic mass is 79.9. The van der Waals surface area contributed by atoms with Gasteiger partial charge in [-0.2, -0.15) is 0 Å². The van der Waals surface area contributed by atoms with Crippen molar-refractivity contribution in [1.82, 2.24) is 9.55 Å². The summed E-state index contributed by atoms with van der Waals surface area (Å²) in [6.07, 6.45) is 9.71. The Morgan fingerprint density at radius 3 is 2.84 bits per heavy atom. The molecule has 0 spiro atoms. The lowest BCUT2D eigenvalue weighted by Crippen LogP contribution is -2.00. The zero-order chi connectivity index (χ0) is 13.2. The number of hydrogen-bond acceptors (Lipinski definition) is 2. The highest BCUT2D eigenvalue weighted by Crippen LogP contribution is 2.22. The molecule has 2 heterocycles. The second-order valence-electron chi connectivity index (χ2n) is 4.97. The first-order valence-electron chi connectivity index (χ1n) is 6.54. The molecule has 0 saturated heterocycles. The number of carbonyl (C=O) groups is 1. The first-order valence-corrected chi connectivity index (χ1v) is 7.34. The number of fused-ring (bicyclic) bond motifs is 1. The third-order valence-corrected chi connectivity index (χ3v) is 3.97. The number of aromatic nitrogens is 2. The number of aryl methyl sites for hydroxylation is 1. The standard InChI is InChI=1S/C15H15BrN2O/c16-12-5-6-13(17-7-12)9-18-8-11-3-1-2-4-15(19)14(11)10-18/h5-8,10H,1-4,9H2. The minimum absolute atomic E-state index is 0.287. The number of halogens is 1. The Balaban J connectivity index is 1.84. The summed E-state index contributed by atoms with van der Waals surface area (Å²) < 4.78 is 3.05. The van der Waals surface area contributed by atoms with Gasteiger partial charge in [0.05, 0.1) is 12.2 Å². The van der Waals surface area contributed by atoms with Gasteiger partial charge in [0, 0.05) is 35.0 Å². The van der Waals surface area contributed by atoms with Gasteiger partial charge < -0.3 is 4.57 Å². The maximum Gasteiger partial charge on any atom is 0.164 e. The molecule has 2 aromatic heterocycles. The normalized spacial score (nSPS) is 15.1. The molecule has 0 saturated carbocycles. The Kier molecular flexibility index (Phi) is 3.51. The molecule has 1 aliphatic rings. The quantitative estimate of drug-likeness (QED) is 0.793. The number of nitrogens with zero attached hydrogens (tertiary/aromatic N) is 2. The summed E-state index contributed by atoms with van der Waals surface area (Å²) >= 11 is 3.38. The fraction of sp³-hybridized carbons (Fsp3) is 0.333. The topological polar surface area (TPSA) is 34.9 Å². The predicted octanol–water partition coefficient (Wildman–Crippen LogP) is 3.60. The molecule has 0 aliphatic heterocycles. The van der Waals surface area contributed by atoms with Crippen LogP contribution in [-0.2, 0) is 13.0 Å². The maximum atomic E-state index is 12.0. The van der Waals surface area contributed by atoms with E-state index in [0.717, 1.165) is 35.0 Å². The Bertz CT molecular complexity index is 601. The number of rotatable bonds is 2. The third kappa shape index (κ3) is 2.78. The molecular formula is C15H15BrN2O. The highest BCUT2D eigenvalue weighted by Gasteiger charge is 2.17. The second-order valence-corrected chi connectivity index (χ2v) is 5.88. The van der Waals surface area contributed by atoms with Crippen molar-refractivity contribution in [3.8, 4) is 0 Å². The van der Waals surface area contributed by atoms with Crippen LogP contribution in [0.2, 0.25) is 0 Å². The van der Waals surface area contributed by atoms with E-state index in [1.165, 1.54) is 5.56 Å². The van der Waals surface area contributed by atoms with Crippen molar-refractivity contribution in [1.29, 1.82) is 0 Å². The van der Waals surface area contributed by atoms with Crippen molar-refractivity contribution in [2.75, 3.05) is 0 Å². The molecule has 0 atom stereocenters. The molecule has 0 aromatic carbocycles. The van der Waals surface area contributed by atoms with Crippen LogP contribution in [0.1, 0.15) is 40.9 Å². The van der Waals surface area contributed by atoms with Crippen LogP contribution in [0.15, 0.2) is 35.2 Å². The van der Waals surface area contributed by atoms with Crippen molar-refractivity contribution in [3.05, 3.63) is 52.0 Å². The van der Waals surface area contributed by atoms with Gasteiger partial charge in [0.2, 0.25) is 0 Å². The molecule has 0 radical (unpaired) electrons. The van der Waals surface area contributed by atoms with E-state index >= 15 is 0 Å². The second kappa shape index (κ2) is 5.29. The molecule has 98 valence electrons.